The van der Waals surface area contributed by atoms with Crippen molar-refractivity contribution in [1.82, 2.24) is 10.2 Å². The number of nitrogens with zero attached hydrogens (tertiary/aromatic N) is 1. The van der Waals surface area contributed by atoms with Gasteiger partial charge in [-0.05, 0) is 34.7 Å². The van der Waals surface area contributed by atoms with E-state index >= 15 is 0 Å². The van der Waals surface area contributed by atoms with Crippen LogP contribution in [-0.2, 0) is 4.74 Å². The van der Waals surface area contributed by atoms with Crippen molar-refractivity contribution in [2.24, 2.45) is 0 Å². The first kappa shape index (κ1) is 13.9. The summed E-state index contributed by atoms with van der Waals surface area (Å²) in [5.74, 6) is 0. The fraction of sp³-hybridized carbons (Fsp3) is 1.00. The van der Waals surface area contributed by atoms with Crippen molar-refractivity contribution in [2.75, 3.05) is 33.3 Å². The molecular formula is C12H26N2O2. The smallest absolute Gasteiger partial charge is 0.0757 e. The second-order valence-corrected chi connectivity index (χ2v) is 5.83. The highest BCUT2D eigenvalue weighted by molar-refractivity contribution is 4.90. The average molecular weight is 230 g/mol. The molecule has 2 unspecified atom stereocenters. The summed E-state index contributed by atoms with van der Waals surface area (Å²) in [6.07, 6.45) is 0.253. The van der Waals surface area contributed by atoms with Gasteiger partial charge < -0.3 is 15.2 Å². The minimum atomic E-state index is -0.229. The van der Waals surface area contributed by atoms with E-state index in [0.29, 0.717) is 0 Å². The molecule has 16 heavy (non-hydrogen) atoms. The van der Waals surface area contributed by atoms with Crippen LogP contribution in [0.25, 0.3) is 0 Å². The molecule has 0 spiro atoms. The van der Waals surface area contributed by atoms with Crippen molar-refractivity contribution in [2.45, 2.75) is 44.9 Å². The van der Waals surface area contributed by atoms with Crippen LogP contribution in [0.4, 0.5) is 0 Å². The number of hydrogen-bond donors (Lipinski definition) is 2. The van der Waals surface area contributed by atoms with Gasteiger partial charge in [-0.1, -0.05) is 0 Å². The number of rotatable bonds is 4. The average Bonchev–Trinajstić information content (AvgIpc) is 2.14. The molecule has 1 aliphatic heterocycles. The zero-order valence-electron chi connectivity index (χ0n) is 11.2. The Morgan fingerprint density at radius 3 is 2.62 bits per heavy atom. The van der Waals surface area contributed by atoms with Crippen molar-refractivity contribution in [1.29, 1.82) is 0 Å². The van der Waals surface area contributed by atoms with Crippen molar-refractivity contribution >= 4 is 0 Å². The lowest BCUT2D eigenvalue weighted by Gasteiger charge is -2.44. The lowest BCUT2D eigenvalue weighted by atomic mass is 9.99. The Kier molecular flexibility index (Phi) is 4.35. The number of hydrogen-bond acceptors (Lipinski definition) is 4. The maximum atomic E-state index is 9.39. The number of aliphatic hydroxyl groups excluding tert-OH is 1. The summed E-state index contributed by atoms with van der Waals surface area (Å²) in [5.41, 5.74) is -0.324. The molecule has 0 aromatic rings. The van der Waals surface area contributed by atoms with Gasteiger partial charge in [0.1, 0.15) is 0 Å². The molecule has 96 valence electrons. The number of likely N-dealkylation sites (N-methyl/N-ethyl adjacent to an activating group) is 1. The van der Waals surface area contributed by atoms with E-state index in [1.165, 1.54) is 0 Å². The molecule has 4 heteroatoms. The molecule has 1 saturated heterocycles. The van der Waals surface area contributed by atoms with Crippen LogP contribution in [-0.4, -0.2) is 60.5 Å². The van der Waals surface area contributed by atoms with E-state index in [1.807, 2.05) is 14.0 Å². The highest BCUT2D eigenvalue weighted by Crippen LogP contribution is 2.22. The molecule has 1 fully saturated rings. The van der Waals surface area contributed by atoms with Gasteiger partial charge in [0.2, 0.25) is 0 Å². The van der Waals surface area contributed by atoms with Crippen molar-refractivity contribution in [3.05, 3.63) is 0 Å². The van der Waals surface area contributed by atoms with Gasteiger partial charge in [0.05, 0.1) is 23.9 Å². The fourth-order valence-electron chi connectivity index (χ4n) is 2.41. The van der Waals surface area contributed by atoms with Crippen LogP contribution in [0.1, 0.15) is 27.7 Å². The van der Waals surface area contributed by atoms with Crippen LogP contribution >= 0.6 is 0 Å². The third-order valence-electron chi connectivity index (χ3n) is 3.17. The van der Waals surface area contributed by atoms with Crippen molar-refractivity contribution < 1.29 is 9.84 Å². The minimum Gasteiger partial charge on any atom is -0.394 e. The second kappa shape index (κ2) is 5.00. The molecule has 4 nitrogen and oxygen atoms in total. The van der Waals surface area contributed by atoms with E-state index in [4.69, 9.17) is 4.74 Å². The Labute approximate surface area is 99.0 Å². The van der Waals surface area contributed by atoms with Crippen LogP contribution < -0.4 is 5.32 Å². The van der Waals surface area contributed by atoms with Gasteiger partial charge in [-0.15, -0.1) is 0 Å². The molecule has 0 aromatic carbocycles. The molecule has 1 heterocycles. The van der Waals surface area contributed by atoms with E-state index < -0.39 is 0 Å². The molecule has 0 aliphatic carbocycles. The zero-order valence-corrected chi connectivity index (χ0v) is 11.2. The zero-order chi connectivity index (χ0) is 12.4. The van der Waals surface area contributed by atoms with Gasteiger partial charge in [-0.3, -0.25) is 4.90 Å². The number of morpholine rings is 1. The lowest BCUT2D eigenvalue weighted by molar-refractivity contribution is -0.133. The van der Waals surface area contributed by atoms with E-state index in [-0.39, 0.29) is 23.9 Å². The van der Waals surface area contributed by atoms with Gasteiger partial charge in [-0.25, -0.2) is 0 Å². The summed E-state index contributed by atoms with van der Waals surface area (Å²) in [6.45, 7) is 11.2. The molecule has 0 bridgehead atoms. The third kappa shape index (κ3) is 3.70. The quantitative estimate of drug-likeness (QED) is 0.736. The van der Waals surface area contributed by atoms with Gasteiger partial charge in [0, 0.05) is 19.6 Å². The largest absolute Gasteiger partial charge is 0.394 e. The Hall–Kier alpha value is -0.160. The summed E-state index contributed by atoms with van der Waals surface area (Å²) < 4.78 is 5.86. The van der Waals surface area contributed by atoms with Gasteiger partial charge in [0.15, 0.2) is 0 Å². The maximum absolute atomic E-state index is 9.39. The summed E-state index contributed by atoms with van der Waals surface area (Å²) >= 11 is 0. The normalized spacial score (nSPS) is 30.0. The van der Waals surface area contributed by atoms with Crippen LogP contribution in [0.3, 0.4) is 0 Å². The first-order chi connectivity index (χ1) is 7.30. The van der Waals surface area contributed by atoms with Crippen molar-refractivity contribution in [3.63, 3.8) is 0 Å². The molecule has 2 atom stereocenters. The number of nitrogens with one attached hydrogen (secondary N) is 1. The molecule has 2 N–H and O–H groups in total. The Balaban J connectivity index is 2.60. The predicted octanol–water partition coefficient (Wildman–Crippen LogP) is 0.456. The molecular weight excluding hydrogens is 204 g/mol. The Morgan fingerprint density at radius 1 is 1.56 bits per heavy atom. The first-order valence-electron chi connectivity index (χ1n) is 6.00. The number of aliphatic hydroxyl groups is 1. The van der Waals surface area contributed by atoms with E-state index in [0.717, 1.165) is 19.6 Å². The van der Waals surface area contributed by atoms with Gasteiger partial charge >= 0.3 is 0 Å². The topological polar surface area (TPSA) is 44.7 Å². The van der Waals surface area contributed by atoms with E-state index in [1.54, 1.807) is 0 Å². The highest BCUT2D eigenvalue weighted by Gasteiger charge is 2.34. The SMILES string of the molecule is CNC(C)(CO)CN1CC(C)OC(C)(C)C1. The lowest BCUT2D eigenvalue weighted by Crippen LogP contribution is -2.59. The van der Waals surface area contributed by atoms with Crippen LogP contribution in [0, 0.1) is 0 Å². The standard InChI is InChI=1S/C12H26N2O2/c1-10-6-14(7-11(2,3)16-10)8-12(4,9-15)13-5/h10,13,15H,6-9H2,1-5H3. The van der Waals surface area contributed by atoms with Gasteiger partial charge in [0.25, 0.3) is 0 Å². The summed E-state index contributed by atoms with van der Waals surface area (Å²) in [4.78, 5) is 2.36. The third-order valence-corrected chi connectivity index (χ3v) is 3.17. The molecule has 0 aromatic heterocycles. The molecule has 0 amide bonds. The Bertz CT molecular complexity index is 227. The number of ether oxygens (including phenoxy) is 1. The van der Waals surface area contributed by atoms with Gasteiger partial charge in [-0.2, -0.15) is 0 Å². The predicted molar refractivity (Wildman–Crippen MR) is 65.6 cm³/mol. The first-order valence-corrected chi connectivity index (χ1v) is 6.00. The van der Waals surface area contributed by atoms with E-state index in [2.05, 4.69) is 31.0 Å². The minimum absolute atomic E-state index is 0.0955. The second-order valence-electron chi connectivity index (χ2n) is 5.83. The van der Waals surface area contributed by atoms with E-state index in [9.17, 15) is 5.11 Å². The summed E-state index contributed by atoms with van der Waals surface area (Å²) in [7, 11) is 1.89. The van der Waals surface area contributed by atoms with Crippen molar-refractivity contribution in [3.8, 4) is 0 Å². The fourth-order valence-corrected chi connectivity index (χ4v) is 2.41. The molecule has 0 saturated carbocycles. The van der Waals surface area contributed by atoms with Crippen LogP contribution in [0.5, 0.6) is 0 Å². The molecule has 1 rings (SSSR count). The summed E-state index contributed by atoms with van der Waals surface area (Å²) in [5, 5.41) is 12.6. The monoisotopic (exact) mass is 230 g/mol. The maximum Gasteiger partial charge on any atom is 0.0757 e. The molecule has 1 aliphatic rings. The van der Waals surface area contributed by atoms with Crippen LogP contribution in [0.15, 0.2) is 0 Å². The Morgan fingerprint density at radius 2 is 2.19 bits per heavy atom. The molecule has 0 radical (unpaired) electrons. The highest BCUT2D eigenvalue weighted by atomic mass is 16.5. The summed E-state index contributed by atoms with van der Waals surface area (Å²) in [6, 6.07) is 0. The van der Waals surface area contributed by atoms with Crippen LogP contribution in [0.2, 0.25) is 0 Å².